The molecule has 0 fully saturated rings. The molecule has 34 heavy (non-hydrogen) atoms. The Labute approximate surface area is 212 Å². The molecule has 0 spiro atoms. The molecule has 0 aliphatic heterocycles. The Balaban J connectivity index is 2.24. The van der Waals surface area contributed by atoms with Crippen LogP contribution >= 0.6 is 23.2 Å². The van der Waals surface area contributed by atoms with E-state index in [1.807, 2.05) is 52.0 Å². The summed E-state index contributed by atoms with van der Waals surface area (Å²) in [6.45, 7) is 9.41. The molecule has 0 bridgehead atoms. The van der Waals surface area contributed by atoms with Crippen molar-refractivity contribution in [3.8, 4) is 11.5 Å². The van der Waals surface area contributed by atoms with Crippen molar-refractivity contribution in [2.45, 2.75) is 59.5 Å². The number of halogens is 2. The standard InChI is InChI=1S/C26H34Cl2N2O4/c1-5-22(26(32)29-6-2)30(17-19-9-12-20(27)21(28)15-19)25(31)14-11-18-10-13-23(33-7-3)24(16-18)34-8-4/h9-10,12-13,15-16,22H,5-8,11,14,17H2,1-4H3,(H,29,32)/t22-/m0/s1. The second-order valence-corrected chi connectivity index (χ2v) is 8.55. The molecule has 1 atom stereocenters. The Morgan fingerprint density at radius 2 is 1.59 bits per heavy atom. The highest BCUT2D eigenvalue weighted by atomic mass is 35.5. The van der Waals surface area contributed by atoms with E-state index in [4.69, 9.17) is 32.7 Å². The molecule has 6 nitrogen and oxygen atoms in total. The van der Waals surface area contributed by atoms with E-state index in [0.29, 0.717) is 54.1 Å². The number of hydrogen-bond acceptors (Lipinski definition) is 4. The van der Waals surface area contributed by atoms with Gasteiger partial charge in [0.25, 0.3) is 0 Å². The molecule has 2 aromatic carbocycles. The zero-order valence-electron chi connectivity index (χ0n) is 20.3. The summed E-state index contributed by atoms with van der Waals surface area (Å²) in [6.07, 6.45) is 1.25. The van der Waals surface area contributed by atoms with Gasteiger partial charge in [-0.3, -0.25) is 9.59 Å². The minimum atomic E-state index is -0.582. The van der Waals surface area contributed by atoms with Crippen LogP contribution in [0.15, 0.2) is 36.4 Å². The molecule has 0 unspecified atom stereocenters. The quantitative estimate of drug-likeness (QED) is 0.378. The molecule has 0 saturated heterocycles. The predicted octanol–water partition coefficient (Wildman–Crippen LogP) is 5.67. The first-order valence-electron chi connectivity index (χ1n) is 11.7. The van der Waals surface area contributed by atoms with Crippen LogP contribution in [-0.4, -0.2) is 42.5 Å². The highest BCUT2D eigenvalue weighted by Crippen LogP contribution is 2.29. The van der Waals surface area contributed by atoms with Crippen molar-refractivity contribution < 1.29 is 19.1 Å². The molecule has 1 N–H and O–H groups in total. The summed E-state index contributed by atoms with van der Waals surface area (Å²) < 4.78 is 11.3. The second-order valence-electron chi connectivity index (χ2n) is 7.74. The van der Waals surface area contributed by atoms with Gasteiger partial charge in [0.2, 0.25) is 11.8 Å². The smallest absolute Gasteiger partial charge is 0.242 e. The normalized spacial score (nSPS) is 11.6. The molecule has 8 heteroatoms. The van der Waals surface area contributed by atoms with Gasteiger partial charge in [0.1, 0.15) is 6.04 Å². The van der Waals surface area contributed by atoms with E-state index < -0.39 is 6.04 Å². The number of benzene rings is 2. The van der Waals surface area contributed by atoms with Crippen molar-refractivity contribution in [3.05, 3.63) is 57.6 Å². The lowest BCUT2D eigenvalue weighted by molar-refractivity contribution is -0.141. The van der Waals surface area contributed by atoms with Crippen LogP contribution in [0.5, 0.6) is 11.5 Å². The highest BCUT2D eigenvalue weighted by Gasteiger charge is 2.28. The van der Waals surface area contributed by atoms with E-state index in [1.54, 1.807) is 17.0 Å². The lowest BCUT2D eigenvalue weighted by atomic mass is 10.1. The summed E-state index contributed by atoms with van der Waals surface area (Å²) in [5.41, 5.74) is 1.77. The summed E-state index contributed by atoms with van der Waals surface area (Å²) in [7, 11) is 0. The first kappa shape index (κ1) is 27.8. The summed E-state index contributed by atoms with van der Waals surface area (Å²) in [6, 6.07) is 10.4. The van der Waals surface area contributed by atoms with Gasteiger partial charge in [0, 0.05) is 19.5 Å². The number of nitrogens with zero attached hydrogens (tertiary/aromatic N) is 1. The van der Waals surface area contributed by atoms with Crippen LogP contribution in [0.25, 0.3) is 0 Å². The van der Waals surface area contributed by atoms with Gasteiger partial charge in [-0.2, -0.15) is 0 Å². The maximum Gasteiger partial charge on any atom is 0.242 e. The van der Waals surface area contributed by atoms with Crippen LogP contribution in [0, 0.1) is 0 Å². The Bertz CT molecular complexity index is 968. The number of amides is 2. The zero-order chi connectivity index (χ0) is 25.1. The fraction of sp³-hybridized carbons (Fsp3) is 0.462. The molecule has 186 valence electrons. The molecule has 0 heterocycles. The fourth-order valence-electron chi connectivity index (χ4n) is 3.69. The van der Waals surface area contributed by atoms with Gasteiger partial charge in [-0.1, -0.05) is 42.3 Å². The maximum atomic E-state index is 13.4. The number of likely N-dealkylation sites (N-methyl/N-ethyl adjacent to an activating group) is 1. The summed E-state index contributed by atoms with van der Waals surface area (Å²) in [5.74, 6) is 1.06. The molecule has 0 aromatic heterocycles. The predicted molar refractivity (Wildman–Crippen MR) is 137 cm³/mol. The van der Waals surface area contributed by atoms with Gasteiger partial charge in [-0.15, -0.1) is 0 Å². The number of carbonyl (C=O) groups excluding carboxylic acids is 2. The number of carbonyl (C=O) groups is 2. The average Bonchev–Trinajstić information content (AvgIpc) is 2.81. The van der Waals surface area contributed by atoms with Gasteiger partial charge in [0.15, 0.2) is 11.5 Å². The minimum Gasteiger partial charge on any atom is -0.490 e. The number of nitrogens with one attached hydrogen (secondary N) is 1. The molecule has 2 rings (SSSR count). The van der Waals surface area contributed by atoms with E-state index in [0.717, 1.165) is 11.1 Å². The van der Waals surface area contributed by atoms with E-state index in [1.165, 1.54) is 0 Å². The van der Waals surface area contributed by atoms with Gasteiger partial charge in [-0.25, -0.2) is 0 Å². The van der Waals surface area contributed by atoms with Crippen molar-refractivity contribution in [3.63, 3.8) is 0 Å². The molecule has 0 aliphatic rings. The Hall–Kier alpha value is -2.44. The third kappa shape index (κ3) is 7.81. The molecule has 0 radical (unpaired) electrons. The Kier molecular flexibility index (Phi) is 11.5. The topological polar surface area (TPSA) is 67.9 Å². The fourth-order valence-corrected chi connectivity index (χ4v) is 4.01. The third-order valence-electron chi connectivity index (χ3n) is 5.31. The first-order valence-corrected chi connectivity index (χ1v) is 12.5. The lowest BCUT2D eigenvalue weighted by Crippen LogP contribution is -2.49. The first-order chi connectivity index (χ1) is 16.3. The largest absolute Gasteiger partial charge is 0.490 e. The Morgan fingerprint density at radius 3 is 2.21 bits per heavy atom. The van der Waals surface area contributed by atoms with E-state index in [-0.39, 0.29) is 24.8 Å². The average molecular weight is 509 g/mol. The van der Waals surface area contributed by atoms with Crippen molar-refractivity contribution in [1.29, 1.82) is 0 Å². The van der Waals surface area contributed by atoms with Gasteiger partial charge in [0.05, 0.1) is 23.3 Å². The van der Waals surface area contributed by atoms with Crippen molar-refractivity contribution >= 4 is 35.0 Å². The SMILES string of the molecule is CCNC(=O)[C@H](CC)N(Cc1ccc(Cl)c(Cl)c1)C(=O)CCc1ccc(OCC)c(OCC)c1. The summed E-state index contributed by atoms with van der Waals surface area (Å²) in [5, 5.41) is 3.70. The monoisotopic (exact) mass is 508 g/mol. The van der Waals surface area contributed by atoms with E-state index >= 15 is 0 Å². The van der Waals surface area contributed by atoms with Gasteiger partial charge in [-0.05, 0) is 69.0 Å². The summed E-state index contributed by atoms with van der Waals surface area (Å²) in [4.78, 5) is 27.8. The van der Waals surface area contributed by atoms with Crippen LogP contribution in [0.4, 0.5) is 0 Å². The van der Waals surface area contributed by atoms with Crippen molar-refractivity contribution in [2.75, 3.05) is 19.8 Å². The lowest BCUT2D eigenvalue weighted by Gasteiger charge is -2.30. The molecule has 2 amide bonds. The zero-order valence-corrected chi connectivity index (χ0v) is 21.8. The van der Waals surface area contributed by atoms with Gasteiger partial charge >= 0.3 is 0 Å². The summed E-state index contributed by atoms with van der Waals surface area (Å²) >= 11 is 12.2. The molecule has 2 aromatic rings. The van der Waals surface area contributed by atoms with Crippen LogP contribution < -0.4 is 14.8 Å². The third-order valence-corrected chi connectivity index (χ3v) is 6.05. The highest BCUT2D eigenvalue weighted by molar-refractivity contribution is 6.42. The number of hydrogen-bond donors (Lipinski definition) is 1. The second kappa shape index (κ2) is 14.1. The number of ether oxygens (including phenoxy) is 2. The van der Waals surface area contributed by atoms with Crippen molar-refractivity contribution in [2.24, 2.45) is 0 Å². The minimum absolute atomic E-state index is 0.115. The van der Waals surface area contributed by atoms with Crippen LogP contribution in [-0.2, 0) is 22.6 Å². The number of aryl methyl sites for hydroxylation is 1. The molecule has 0 aliphatic carbocycles. The van der Waals surface area contributed by atoms with Gasteiger partial charge < -0.3 is 19.7 Å². The van der Waals surface area contributed by atoms with Crippen LogP contribution in [0.1, 0.15) is 51.7 Å². The van der Waals surface area contributed by atoms with E-state index in [9.17, 15) is 9.59 Å². The molecular weight excluding hydrogens is 475 g/mol. The Morgan fingerprint density at radius 1 is 0.912 bits per heavy atom. The van der Waals surface area contributed by atoms with E-state index in [2.05, 4.69) is 5.32 Å². The number of rotatable bonds is 13. The van der Waals surface area contributed by atoms with Crippen molar-refractivity contribution in [1.82, 2.24) is 10.2 Å². The van der Waals surface area contributed by atoms with Crippen LogP contribution in [0.3, 0.4) is 0 Å². The molecular formula is C26H34Cl2N2O4. The maximum absolute atomic E-state index is 13.4. The van der Waals surface area contributed by atoms with Crippen LogP contribution in [0.2, 0.25) is 10.0 Å². The molecule has 0 saturated carbocycles.